The van der Waals surface area contributed by atoms with Gasteiger partial charge >= 0.3 is 5.97 Å². The lowest BCUT2D eigenvalue weighted by Gasteiger charge is -2.05. The van der Waals surface area contributed by atoms with E-state index in [1.54, 1.807) is 13.0 Å². The average Bonchev–Trinajstić information content (AvgIpc) is 3.05. The van der Waals surface area contributed by atoms with E-state index in [1.807, 2.05) is 54.6 Å². The first kappa shape index (κ1) is 19.1. The number of ether oxygens (including phenoxy) is 1. The lowest BCUT2D eigenvalue weighted by atomic mass is 10.1. The monoisotopic (exact) mass is 376 g/mol. The Kier molecular flexibility index (Phi) is 6.01. The molecular formula is C22H20N2O4. The molecule has 3 rings (SSSR count). The number of fused-ring (bicyclic) bond motifs is 1. The van der Waals surface area contributed by atoms with E-state index in [-0.39, 0.29) is 18.9 Å². The number of rotatable bonds is 7. The van der Waals surface area contributed by atoms with Crippen molar-refractivity contribution < 1.29 is 19.1 Å². The van der Waals surface area contributed by atoms with Crippen molar-refractivity contribution in [3.05, 3.63) is 77.5 Å². The quantitative estimate of drug-likeness (QED) is 0.377. The van der Waals surface area contributed by atoms with Crippen LogP contribution in [0.25, 0.3) is 17.0 Å². The Labute approximate surface area is 162 Å². The van der Waals surface area contributed by atoms with Crippen LogP contribution in [0.5, 0.6) is 0 Å². The zero-order chi connectivity index (χ0) is 19.9. The third kappa shape index (κ3) is 4.73. The molecule has 0 unspecified atom stereocenters. The van der Waals surface area contributed by atoms with Crippen molar-refractivity contribution in [2.45, 2.75) is 6.92 Å². The van der Waals surface area contributed by atoms with Crippen molar-refractivity contribution in [2.24, 2.45) is 0 Å². The van der Waals surface area contributed by atoms with E-state index in [1.165, 1.54) is 6.08 Å². The molecule has 2 N–H and O–H groups in total. The molecule has 1 aromatic heterocycles. The first-order chi connectivity index (χ1) is 13.5. The molecule has 0 bridgehead atoms. The van der Waals surface area contributed by atoms with Gasteiger partial charge in [-0.2, -0.15) is 0 Å². The molecule has 0 aliphatic rings. The maximum Gasteiger partial charge on any atom is 0.325 e. The van der Waals surface area contributed by atoms with Gasteiger partial charge in [-0.1, -0.05) is 48.5 Å². The summed E-state index contributed by atoms with van der Waals surface area (Å²) < 4.78 is 5.00. The summed E-state index contributed by atoms with van der Waals surface area (Å²) in [5.41, 5.74) is 2.96. The van der Waals surface area contributed by atoms with E-state index in [4.69, 9.17) is 4.74 Å². The fourth-order valence-corrected chi connectivity index (χ4v) is 2.86. The minimum absolute atomic E-state index is 0.293. The molecule has 0 spiro atoms. The van der Waals surface area contributed by atoms with Gasteiger partial charge in [0.15, 0.2) is 6.61 Å². The lowest BCUT2D eigenvalue weighted by Crippen LogP contribution is -2.30. The number of amides is 1. The molecular weight excluding hydrogens is 356 g/mol. The Morgan fingerprint density at radius 3 is 2.54 bits per heavy atom. The van der Waals surface area contributed by atoms with Crippen molar-refractivity contribution in [1.29, 1.82) is 0 Å². The van der Waals surface area contributed by atoms with Crippen LogP contribution in [0, 0.1) is 6.92 Å². The Hall–Kier alpha value is -3.67. The second-order valence-corrected chi connectivity index (χ2v) is 6.22. The zero-order valence-corrected chi connectivity index (χ0v) is 15.4. The summed E-state index contributed by atoms with van der Waals surface area (Å²) in [6, 6.07) is 16.8. The number of esters is 1. The largest absolute Gasteiger partial charge is 0.456 e. The van der Waals surface area contributed by atoms with Gasteiger partial charge in [0.2, 0.25) is 11.7 Å². The summed E-state index contributed by atoms with van der Waals surface area (Å²) in [6.07, 6.45) is 2.98. The van der Waals surface area contributed by atoms with E-state index in [9.17, 15) is 14.4 Å². The predicted molar refractivity (Wildman–Crippen MR) is 107 cm³/mol. The van der Waals surface area contributed by atoms with Gasteiger partial charge in [-0.15, -0.1) is 0 Å². The normalized spacial score (nSPS) is 10.9. The second kappa shape index (κ2) is 8.81. The van der Waals surface area contributed by atoms with Crippen LogP contribution in [-0.4, -0.2) is 35.8 Å². The van der Waals surface area contributed by atoms with Gasteiger partial charge < -0.3 is 15.0 Å². The van der Waals surface area contributed by atoms with Crippen molar-refractivity contribution in [3.8, 4) is 0 Å². The van der Waals surface area contributed by atoms with Crippen molar-refractivity contribution in [1.82, 2.24) is 10.3 Å². The van der Waals surface area contributed by atoms with Crippen molar-refractivity contribution >= 4 is 34.6 Å². The number of aromatic nitrogens is 1. The first-order valence-corrected chi connectivity index (χ1v) is 8.81. The molecule has 0 fully saturated rings. The molecule has 6 heteroatoms. The summed E-state index contributed by atoms with van der Waals surface area (Å²) in [4.78, 5) is 39.2. The molecule has 0 saturated heterocycles. The van der Waals surface area contributed by atoms with Crippen LogP contribution in [0.1, 0.15) is 21.6 Å². The molecule has 0 aliphatic heterocycles. The fraction of sp³-hybridized carbons (Fsp3) is 0.136. The molecule has 2 aromatic carbocycles. The van der Waals surface area contributed by atoms with Crippen molar-refractivity contribution in [3.63, 3.8) is 0 Å². The van der Waals surface area contributed by atoms with E-state index in [0.717, 1.165) is 22.2 Å². The minimum atomic E-state index is -0.674. The lowest BCUT2D eigenvalue weighted by molar-refractivity contribution is -0.142. The van der Waals surface area contributed by atoms with Crippen LogP contribution in [0.15, 0.2) is 60.7 Å². The average molecular weight is 376 g/mol. The molecule has 1 heterocycles. The number of H-pyrrole nitrogens is 1. The van der Waals surface area contributed by atoms with Gasteiger partial charge in [-0.05, 0) is 24.6 Å². The number of aryl methyl sites for hydroxylation is 1. The molecule has 28 heavy (non-hydrogen) atoms. The second-order valence-electron chi connectivity index (χ2n) is 6.22. The molecule has 0 radical (unpaired) electrons. The fourth-order valence-electron chi connectivity index (χ4n) is 2.86. The van der Waals surface area contributed by atoms with Crippen LogP contribution in [-0.2, 0) is 14.3 Å². The van der Waals surface area contributed by atoms with E-state index < -0.39 is 11.9 Å². The molecule has 0 saturated carbocycles. The number of benzene rings is 2. The number of Topliss-reactive ketones (excluding diaryl/α,β-unsaturated/α-hetero) is 1. The molecule has 1 amide bonds. The van der Waals surface area contributed by atoms with Gasteiger partial charge in [-0.3, -0.25) is 14.4 Å². The molecule has 0 atom stereocenters. The number of ketones is 1. The van der Waals surface area contributed by atoms with E-state index in [0.29, 0.717) is 5.56 Å². The number of para-hydroxylation sites is 1. The third-order valence-electron chi connectivity index (χ3n) is 4.17. The van der Waals surface area contributed by atoms with Crippen LogP contribution < -0.4 is 5.32 Å². The standard InChI is InChI=1S/C22H20N2O4/c1-15-22(17-9-5-6-10-18(17)24-15)19(25)14-28-21(27)13-23-20(26)12-11-16-7-3-2-4-8-16/h2-12,24H,13-14H2,1H3,(H,23,26)/b12-11+. The highest BCUT2D eigenvalue weighted by Crippen LogP contribution is 2.22. The molecule has 0 aliphatic carbocycles. The van der Waals surface area contributed by atoms with E-state index >= 15 is 0 Å². The highest BCUT2D eigenvalue weighted by Gasteiger charge is 2.17. The van der Waals surface area contributed by atoms with Crippen molar-refractivity contribution in [2.75, 3.05) is 13.2 Å². The Morgan fingerprint density at radius 2 is 1.75 bits per heavy atom. The Bertz CT molecular complexity index is 1040. The third-order valence-corrected chi connectivity index (χ3v) is 4.17. The maximum absolute atomic E-state index is 12.4. The van der Waals surface area contributed by atoms with Gasteiger partial charge in [0.05, 0.1) is 0 Å². The zero-order valence-electron chi connectivity index (χ0n) is 15.4. The van der Waals surface area contributed by atoms with Gasteiger partial charge in [0.25, 0.3) is 0 Å². The Balaban J connectivity index is 1.49. The predicted octanol–water partition coefficient (Wildman–Crippen LogP) is 3.03. The van der Waals surface area contributed by atoms with Crippen LogP contribution in [0.4, 0.5) is 0 Å². The summed E-state index contributed by atoms with van der Waals surface area (Å²) in [6.45, 7) is 1.11. The number of hydrogen-bond donors (Lipinski definition) is 2. The number of carbonyl (C=O) groups is 3. The van der Waals surface area contributed by atoms with Crippen LogP contribution in [0.3, 0.4) is 0 Å². The minimum Gasteiger partial charge on any atom is -0.456 e. The molecule has 6 nitrogen and oxygen atoms in total. The smallest absolute Gasteiger partial charge is 0.325 e. The van der Waals surface area contributed by atoms with Gasteiger partial charge in [-0.25, -0.2) is 0 Å². The van der Waals surface area contributed by atoms with E-state index in [2.05, 4.69) is 10.3 Å². The summed E-state index contributed by atoms with van der Waals surface area (Å²) in [5, 5.41) is 3.23. The Morgan fingerprint density at radius 1 is 1.04 bits per heavy atom. The SMILES string of the molecule is Cc1[nH]c2ccccc2c1C(=O)COC(=O)CNC(=O)/C=C/c1ccccc1. The number of aromatic amines is 1. The van der Waals surface area contributed by atoms with Gasteiger partial charge in [0.1, 0.15) is 6.54 Å². The first-order valence-electron chi connectivity index (χ1n) is 8.81. The maximum atomic E-state index is 12.4. The highest BCUT2D eigenvalue weighted by atomic mass is 16.5. The number of hydrogen-bond acceptors (Lipinski definition) is 4. The summed E-state index contributed by atoms with van der Waals surface area (Å²) in [7, 11) is 0. The summed E-state index contributed by atoms with van der Waals surface area (Å²) >= 11 is 0. The highest BCUT2D eigenvalue weighted by molar-refractivity contribution is 6.10. The molecule has 142 valence electrons. The van der Waals surface area contributed by atoms with Crippen LogP contribution in [0.2, 0.25) is 0 Å². The molecule has 3 aromatic rings. The number of nitrogens with one attached hydrogen (secondary N) is 2. The topological polar surface area (TPSA) is 88.3 Å². The number of carbonyl (C=O) groups excluding carboxylic acids is 3. The van der Waals surface area contributed by atoms with Gasteiger partial charge in [0, 0.05) is 28.2 Å². The summed E-state index contributed by atoms with van der Waals surface area (Å²) in [5.74, 6) is -1.38. The van der Waals surface area contributed by atoms with Crippen LogP contribution >= 0.6 is 0 Å².